The van der Waals surface area contributed by atoms with E-state index >= 15 is 0 Å². The molecular formula is C6H8N2O3S. The van der Waals surface area contributed by atoms with Crippen LogP contribution in [-0.4, -0.2) is 8.42 Å². The molecule has 5 nitrogen and oxygen atoms in total. The maximum atomic E-state index is 10.1. The lowest BCUT2D eigenvalue weighted by atomic mass is 10.3. The molecule has 0 saturated heterocycles. The van der Waals surface area contributed by atoms with Gasteiger partial charge in [0.25, 0.3) is 11.0 Å². The van der Waals surface area contributed by atoms with Crippen LogP contribution in [0.25, 0.3) is 0 Å². The molecule has 0 spiro atoms. The molecule has 0 bridgehead atoms. The van der Waals surface area contributed by atoms with Crippen LogP contribution in [0, 0.1) is 0 Å². The van der Waals surface area contributed by atoms with Crippen molar-refractivity contribution in [3.63, 3.8) is 0 Å². The Balaban J connectivity index is 3.01. The van der Waals surface area contributed by atoms with Crippen LogP contribution in [0.3, 0.4) is 0 Å². The van der Waals surface area contributed by atoms with Gasteiger partial charge in [-0.2, -0.15) is 8.42 Å². The first-order valence-corrected chi connectivity index (χ1v) is 4.16. The van der Waals surface area contributed by atoms with Gasteiger partial charge in [0, 0.05) is 5.69 Å². The smallest absolute Gasteiger partial charge is 0.299 e. The molecule has 0 aliphatic rings. The summed E-state index contributed by atoms with van der Waals surface area (Å²) < 4.78 is 24.6. The van der Waals surface area contributed by atoms with Crippen molar-refractivity contribution in [2.75, 3.05) is 11.5 Å². The highest BCUT2D eigenvalue weighted by atomic mass is 32.2. The molecule has 0 atom stereocenters. The van der Waals surface area contributed by atoms with E-state index in [1.807, 2.05) is 0 Å². The summed E-state index contributed by atoms with van der Waals surface area (Å²) in [6.07, 6.45) is 0. The fraction of sp³-hybridized carbons (Fsp3) is 0. The van der Waals surface area contributed by atoms with Crippen LogP contribution in [-0.2, 0) is 11.0 Å². The van der Waals surface area contributed by atoms with Gasteiger partial charge in [-0.1, -0.05) is 0 Å². The summed E-state index contributed by atoms with van der Waals surface area (Å²) in [6.45, 7) is 0. The van der Waals surface area contributed by atoms with Gasteiger partial charge in [-0.3, -0.25) is 0 Å². The van der Waals surface area contributed by atoms with Crippen LogP contribution in [0.4, 0.5) is 11.4 Å². The second-order valence-corrected chi connectivity index (χ2v) is 2.74. The van der Waals surface area contributed by atoms with Crippen molar-refractivity contribution in [2.45, 2.75) is 0 Å². The summed E-state index contributed by atoms with van der Waals surface area (Å²) in [6, 6.07) is 4.33. The highest BCUT2D eigenvalue weighted by Crippen LogP contribution is 2.23. The fourth-order valence-electron chi connectivity index (χ4n) is 0.730. The van der Waals surface area contributed by atoms with Gasteiger partial charge in [0.1, 0.15) is 0 Å². The minimum absolute atomic E-state index is 0.0975. The Kier molecular flexibility index (Phi) is 2.39. The third-order valence-electron chi connectivity index (χ3n) is 1.21. The van der Waals surface area contributed by atoms with Crippen molar-refractivity contribution in [3.8, 4) is 5.75 Å². The van der Waals surface area contributed by atoms with Crippen LogP contribution < -0.4 is 15.7 Å². The predicted octanol–water partition coefficient (Wildman–Crippen LogP) is -0.244. The Hall–Kier alpha value is -1.43. The molecule has 0 saturated carbocycles. The molecule has 0 amide bonds. The van der Waals surface area contributed by atoms with Crippen LogP contribution in [0.15, 0.2) is 18.2 Å². The van der Waals surface area contributed by atoms with Crippen molar-refractivity contribution in [3.05, 3.63) is 18.2 Å². The average molecular weight is 188 g/mol. The molecule has 0 unspecified atom stereocenters. The summed E-state index contributed by atoms with van der Waals surface area (Å²) in [5.74, 6) is 0.0975. The Morgan fingerprint density at radius 3 is 2.42 bits per heavy atom. The van der Waals surface area contributed by atoms with Gasteiger partial charge in [0.15, 0.2) is 5.75 Å². The molecule has 0 fully saturated rings. The molecule has 0 heterocycles. The number of nitrogen functional groups attached to an aromatic ring is 2. The van der Waals surface area contributed by atoms with Gasteiger partial charge in [-0.15, -0.1) is 0 Å². The summed E-state index contributed by atoms with van der Waals surface area (Å²) in [5, 5.41) is 0. The van der Waals surface area contributed by atoms with Gasteiger partial charge in [0.2, 0.25) is 0 Å². The molecule has 1 aromatic rings. The number of thiol groups is 1. The second kappa shape index (κ2) is 3.31. The van der Waals surface area contributed by atoms with Crippen LogP contribution in [0.5, 0.6) is 5.75 Å². The number of anilines is 2. The molecular weight excluding hydrogens is 180 g/mol. The van der Waals surface area contributed by atoms with E-state index in [1.54, 1.807) is 0 Å². The zero-order valence-corrected chi connectivity index (χ0v) is 6.95. The monoisotopic (exact) mass is 188 g/mol. The number of hydrogen-bond donors (Lipinski definition) is 3. The van der Waals surface area contributed by atoms with Crippen molar-refractivity contribution in [2.24, 2.45) is 0 Å². The van der Waals surface area contributed by atoms with Crippen LogP contribution in [0.2, 0.25) is 0 Å². The van der Waals surface area contributed by atoms with Gasteiger partial charge in [0.05, 0.1) is 5.69 Å². The van der Waals surface area contributed by atoms with Gasteiger partial charge >= 0.3 is 0 Å². The zero-order chi connectivity index (χ0) is 9.14. The molecule has 6 heteroatoms. The lowest BCUT2D eigenvalue weighted by Gasteiger charge is -2.02. The maximum absolute atomic E-state index is 10.1. The third-order valence-corrected chi connectivity index (χ3v) is 1.55. The predicted molar refractivity (Wildman–Crippen MR) is 46.2 cm³/mol. The van der Waals surface area contributed by atoms with Crippen molar-refractivity contribution in [1.29, 1.82) is 0 Å². The van der Waals surface area contributed by atoms with E-state index in [9.17, 15) is 8.42 Å². The van der Waals surface area contributed by atoms with Gasteiger partial charge in [-0.05, 0) is 18.2 Å². The van der Waals surface area contributed by atoms with Crippen molar-refractivity contribution < 1.29 is 12.6 Å². The minimum Gasteiger partial charge on any atom is -0.399 e. The van der Waals surface area contributed by atoms with E-state index < -0.39 is 11.0 Å². The molecule has 0 aliphatic carbocycles. The van der Waals surface area contributed by atoms with Crippen LogP contribution in [0.1, 0.15) is 0 Å². The van der Waals surface area contributed by atoms with Crippen LogP contribution >= 0.6 is 0 Å². The standard InChI is InChI=1S/C6H8N2O3S/c7-4-1-2-6(5(8)3-4)11-12(9)10/h1-3,12H,7-8H2. The van der Waals surface area contributed by atoms with Crippen molar-refractivity contribution >= 4 is 22.4 Å². The normalized spacial score (nSPS) is 10.1. The highest BCUT2D eigenvalue weighted by Gasteiger charge is 2.00. The summed E-state index contributed by atoms with van der Waals surface area (Å²) in [7, 11) is -2.92. The summed E-state index contributed by atoms with van der Waals surface area (Å²) in [5.41, 5.74) is 11.4. The van der Waals surface area contributed by atoms with Gasteiger partial charge in [-0.25, -0.2) is 0 Å². The number of benzene rings is 1. The van der Waals surface area contributed by atoms with E-state index in [2.05, 4.69) is 4.18 Å². The Morgan fingerprint density at radius 1 is 1.25 bits per heavy atom. The summed E-state index contributed by atoms with van der Waals surface area (Å²) >= 11 is 0. The second-order valence-electron chi connectivity index (χ2n) is 2.11. The first kappa shape index (κ1) is 8.66. The van der Waals surface area contributed by atoms with E-state index in [0.717, 1.165) is 0 Å². The number of hydrogen-bond acceptors (Lipinski definition) is 5. The molecule has 4 N–H and O–H groups in total. The molecule has 0 radical (unpaired) electrons. The van der Waals surface area contributed by atoms with E-state index in [4.69, 9.17) is 11.5 Å². The molecule has 66 valence electrons. The minimum atomic E-state index is -2.92. The fourth-order valence-corrected chi connectivity index (χ4v) is 1.06. The third kappa shape index (κ3) is 2.03. The largest absolute Gasteiger partial charge is 0.399 e. The first-order chi connectivity index (χ1) is 5.59. The molecule has 0 aromatic heterocycles. The van der Waals surface area contributed by atoms with Gasteiger partial charge < -0.3 is 15.7 Å². The molecule has 1 rings (SSSR count). The zero-order valence-electron chi connectivity index (χ0n) is 6.06. The highest BCUT2D eigenvalue weighted by molar-refractivity contribution is 7.67. The lowest BCUT2D eigenvalue weighted by Crippen LogP contribution is -1.96. The lowest BCUT2D eigenvalue weighted by molar-refractivity contribution is 0.512. The Bertz CT molecular complexity index is 354. The topological polar surface area (TPSA) is 95.4 Å². The van der Waals surface area contributed by atoms with Crippen molar-refractivity contribution in [1.82, 2.24) is 0 Å². The Morgan fingerprint density at radius 2 is 1.92 bits per heavy atom. The molecule has 0 aliphatic heterocycles. The molecule has 12 heavy (non-hydrogen) atoms. The quantitative estimate of drug-likeness (QED) is 0.439. The number of rotatable bonds is 2. The molecule has 1 aromatic carbocycles. The average Bonchev–Trinajstić information content (AvgIpc) is 1.94. The SMILES string of the molecule is Nc1ccc(O[SH](=O)=O)c(N)c1. The Labute approximate surface area is 71.1 Å². The van der Waals surface area contributed by atoms with E-state index in [1.165, 1.54) is 18.2 Å². The maximum Gasteiger partial charge on any atom is 0.299 e. The summed E-state index contributed by atoms with van der Waals surface area (Å²) in [4.78, 5) is 0. The first-order valence-electron chi connectivity index (χ1n) is 3.07. The van der Waals surface area contributed by atoms with E-state index in [0.29, 0.717) is 5.69 Å². The van der Waals surface area contributed by atoms with E-state index in [-0.39, 0.29) is 11.4 Å². The number of nitrogens with two attached hydrogens (primary N) is 2.